The molecule has 1 saturated heterocycles. The van der Waals surface area contributed by atoms with Crippen molar-refractivity contribution in [2.45, 2.75) is 0 Å². The Morgan fingerprint density at radius 1 is 0.868 bits per heavy atom. The lowest BCUT2D eigenvalue weighted by atomic mass is 10.1. The van der Waals surface area contributed by atoms with Crippen molar-refractivity contribution in [3.05, 3.63) is 100 Å². The maximum absolute atomic E-state index is 12.8. The molecule has 0 saturated carbocycles. The van der Waals surface area contributed by atoms with Gasteiger partial charge >= 0.3 is 0 Å². The number of methoxy groups -OCH3 is 1. The van der Waals surface area contributed by atoms with Gasteiger partial charge in [-0.05, 0) is 78.9 Å². The Morgan fingerprint density at radius 3 is 2.24 bits per heavy atom. The van der Waals surface area contributed by atoms with Crippen molar-refractivity contribution < 1.29 is 18.7 Å². The molecule has 0 atom stereocenters. The third-order valence-corrected chi connectivity index (χ3v) is 6.97. The van der Waals surface area contributed by atoms with Gasteiger partial charge in [0.25, 0.3) is 11.8 Å². The minimum Gasteiger partial charge on any atom is -0.497 e. The summed E-state index contributed by atoms with van der Waals surface area (Å²) in [6, 6.07) is 23.2. The Balaban J connectivity index is 1.16. The lowest BCUT2D eigenvalue weighted by Gasteiger charge is -2.36. The van der Waals surface area contributed by atoms with Crippen molar-refractivity contribution in [1.29, 1.82) is 0 Å². The molecule has 9 heteroatoms. The molecule has 1 fully saturated rings. The number of halogens is 2. The Kier molecular flexibility index (Phi) is 7.58. The van der Waals surface area contributed by atoms with Crippen LogP contribution in [0.3, 0.4) is 0 Å². The molecule has 2 amide bonds. The fourth-order valence-corrected chi connectivity index (χ4v) is 4.83. The van der Waals surface area contributed by atoms with Gasteiger partial charge in [-0.15, -0.1) is 0 Å². The molecule has 7 nitrogen and oxygen atoms in total. The van der Waals surface area contributed by atoms with Gasteiger partial charge in [0.2, 0.25) is 0 Å². The molecule has 0 bridgehead atoms. The van der Waals surface area contributed by atoms with E-state index in [2.05, 4.69) is 10.2 Å². The monoisotopic (exact) mass is 549 g/mol. The number of anilines is 2. The van der Waals surface area contributed by atoms with Gasteiger partial charge in [0, 0.05) is 53.7 Å². The van der Waals surface area contributed by atoms with E-state index in [1.54, 1.807) is 61.7 Å². The van der Waals surface area contributed by atoms with Crippen LogP contribution in [-0.4, -0.2) is 50.0 Å². The van der Waals surface area contributed by atoms with Crippen LogP contribution >= 0.6 is 23.2 Å². The van der Waals surface area contributed by atoms with Crippen molar-refractivity contribution in [1.82, 2.24) is 4.90 Å². The summed E-state index contributed by atoms with van der Waals surface area (Å²) in [4.78, 5) is 29.6. The van der Waals surface area contributed by atoms with Crippen LogP contribution in [0, 0.1) is 0 Å². The normalized spacial score (nSPS) is 13.3. The highest BCUT2D eigenvalue weighted by Gasteiger charge is 2.22. The van der Waals surface area contributed by atoms with E-state index in [1.165, 1.54) is 0 Å². The summed E-state index contributed by atoms with van der Waals surface area (Å²) in [6.07, 6.45) is 0. The summed E-state index contributed by atoms with van der Waals surface area (Å²) in [7, 11) is 1.60. The van der Waals surface area contributed by atoms with E-state index in [9.17, 15) is 9.59 Å². The SMILES string of the molecule is COc1ccc(C(=O)N2CCN(c3ccc(NC(=O)c4ccc(-c5ccc(Cl)cc5Cl)o4)cc3)CC2)cc1. The van der Waals surface area contributed by atoms with Crippen LogP contribution < -0.4 is 15.0 Å². The first kappa shape index (κ1) is 25.7. The summed E-state index contributed by atoms with van der Waals surface area (Å²) in [6.45, 7) is 2.69. The first-order valence-corrected chi connectivity index (χ1v) is 12.8. The second kappa shape index (κ2) is 11.2. The predicted octanol–water partition coefficient (Wildman–Crippen LogP) is 6.48. The predicted molar refractivity (Wildman–Crippen MR) is 150 cm³/mol. The maximum atomic E-state index is 12.8. The third kappa shape index (κ3) is 5.64. The second-order valence-electron chi connectivity index (χ2n) is 8.80. The van der Waals surface area contributed by atoms with Gasteiger partial charge in [0.05, 0.1) is 12.1 Å². The van der Waals surface area contributed by atoms with Gasteiger partial charge in [-0.2, -0.15) is 0 Å². The zero-order valence-corrected chi connectivity index (χ0v) is 22.1. The van der Waals surface area contributed by atoms with Crippen molar-refractivity contribution >= 4 is 46.4 Å². The number of nitrogens with one attached hydrogen (secondary N) is 1. The number of amides is 2. The number of rotatable bonds is 6. The Hall–Kier alpha value is -3.94. The summed E-state index contributed by atoms with van der Waals surface area (Å²) in [5.74, 6) is 1.04. The van der Waals surface area contributed by atoms with Crippen LogP contribution in [0.5, 0.6) is 5.75 Å². The summed E-state index contributed by atoms with van der Waals surface area (Å²) < 4.78 is 10.9. The number of furan rings is 1. The van der Waals surface area contributed by atoms with Gasteiger partial charge in [-0.1, -0.05) is 23.2 Å². The number of carbonyl (C=O) groups is 2. The highest BCUT2D eigenvalue weighted by atomic mass is 35.5. The first-order chi connectivity index (χ1) is 18.4. The minimum atomic E-state index is -0.361. The summed E-state index contributed by atoms with van der Waals surface area (Å²) in [5, 5.41) is 3.83. The molecule has 0 spiro atoms. The largest absolute Gasteiger partial charge is 0.497 e. The van der Waals surface area contributed by atoms with Crippen molar-refractivity contribution in [3.8, 4) is 17.1 Å². The van der Waals surface area contributed by atoms with E-state index in [4.69, 9.17) is 32.4 Å². The molecule has 38 heavy (non-hydrogen) atoms. The molecule has 5 rings (SSSR count). The highest BCUT2D eigenvalue weighted by Crippen LogP contribution is 2.32. The molecule has 1 aliphatic rings. The van der Waals surface area contributed by atoms with E-state index in [0.717, 1.165) is 24.5 Å². The van der Waals surface area contributed by atoms with E-state index in [-0.39, 0.29) is 17.6 Å². The molecular formula is C29H25Cl2N3O4. The Labute approximate surface area is 230 Å². The van der Waals surface area contributed by atoms with E-state index >= 15 is 0 Å². The smallest absolute Gasteiger partial charge is 0.291 e. The number of hydrogen-bond donors (Lipinski definition) is 1. The van der Waals surface area contributed by atoms with Crippen LogP contribution in [0.1, 0.15) is 20.9 Å². The van der Waals surface area contributed by atoms with Crippen molar-refractivity contribution in [2.24, 2.45) is 0 Å². The number of piperazine rings is 1. The van der Waals surface area contributed by atoms with Gasteiger partial charge in [-0.25, -0.2) is 0 Å². The third-order valence-electron chi connectivity index (χ3n) is 6.42. The van der Waals surface area contributed by atoms with E-state index in [1.807, 2.05) is 29.2 Å². The average Bonchev–Trinajstić information content (AvgIpc) is 3.43. The van der Waals surface area contributed by atoms with E-state index in [0.29, 0.717) is 45.7 Å². The quantitative estimate of drug-likeness (QED) is 0.298. The number of carbonyl (C=O) groups excluding carboxylic acids is 2. The molecule has 1 N–H and O–H groups in total. The molecule has 3 aromatic carbocycles. The van der Waals surface area contributed by atoms with Crippen LogP contribution in [0.15, 0.2) is 83.3 Å². The van der Waals surface area contributed by atoms with Crippen molar-refractivity contribution in [2.75, 3.05) is 43.5 Å². The van der Waals surface area contributed by atoms with Crippen LogP contribution in [0.4, 0.5) is 11.4 Å². The van der Waals surface area contributed by atoms with Gasteiger partial charge in [0.1, 0.15) is 11.5 Å². The molecule has 0 aliphatic carbocycles. The zero-order valence-electron chi connectivity index (χ0n) is 20.6. The van der Waals surface area contributed by atoms with Gasteiger partial charge in [-0.3, -0.25) is 9.59 Å². The topological polar surface area (TPSA) is 75.0 Å². The number of ether oxygens (including phenoxy) is 1. The molecule has 1 aromatic heterocycles. The summed E-state index contributed by atoms with van der Waals surface area (Å²) in [5.41, 5.74) is 2.98. The fourth-order valence-electron chi connectivity index (χ4n) is 4.33. The molecule has 4 aromatic rings. The van der Waals surface area contributed by atoms with Gasteiger partial charge < -0.3 is 24.3 Å². The van der Waals surface area contributed by atoms with Crippen molar-refractivity contribution in [3.63, 3.8) is 0 Å². The van der Waals surface area contributed by atoms with Crippen LogP contribution in [0.2, 0.25) is 10.0 Å². The van der Waals surface area contributed by atoms with Crippen LogP contribution in [0.25, 0.3) is 11.3 Å². The highest BCUT2D eigenvalue weighted by molar-refractivity contribution is 6.36. The maximum Gasteiger partial charge on any atom is 0.291 e. The second-order valence-corrected chi connectivity index (χ2v) is 9.64. The molecular weight excluding hydrogens is 525 g/mol. The molecule has 0 radical (unpaired) electrons. The molecule has 2 heterocycles. The first-order valence-electron chi connectivity index (χ1n) is 12.1. The standard InChI is InChI=1S/C29H25Cl2N3O4/c1-37-23-9-2-19(3-10-23)29(36)34-16-14-33(15-17-34)22-7-5-21(6-8-22)32-28(35)27-13-12-26(38-27)24-11-4-20(30)18-25(24)31/h2-13,18H,14-17H2,1H3,(H,32,35). The lowest BCUT2D eigenvalue weighted by molar-refractivity contribution is 0.0746. The van der Waals surface area contributed by atoms with Crippen LogP contribution in [-0.2, 0) is 0 Å². The fraction of sp³-hybridized carbons (Fsp3) is 0.172. The number of hydrogen-bond acceptors (Lipinski definition) is 5. The van der Waals surface area contributed by atoms with E-state index < -0.39 is 0 Å². The molecule has 0 unspecified atom stereocenters. The Bertz CT molecular complexity index is 1440. The zero-order chi connectivity index (χ0) is 26.6. The summed E-state index contributed by atoms with van der Waals surface area (Å²) >= 11 is 12.2. The molecule has 1 aliphatic heterocycles. The average molecular weight is 550 g/mol. The Morgan fingerprint density at radius 2 is 1.58 bits per heavy atom. The minimum absolute atomic E-state index is 0.0183. The van der Waals surface area contributed by atoms with Gasteiger partial charge in [0.15, 0.2) is 5.76 Å². The number of nitrogens with zero attached hydrogens (tertiary/aromatic N) is 2. The molecule has 194 valence electrons. The lowest BCUT2D eigenvalue weighted by Crippen LogP contribution is -2.48. The number of benzene rings is 3.